The van der Waals surface area contributed by atoms with Crippen LogP contribution in [0.15, 0.2) is 72.2 Å². The number of carbonyl (C=O) groups is 1. The zero-order chi connectivity index (χ0) is 16.4. The first kappa shape index (κ1) is 14.1. The van der Waals surface area contributed by atoms with Gasteiger partial charge in [0.05, 0.1) is 11.7 Å². The van der Waals surface area contributed by atoms with Crippen molar-refractivity contribution in [3.05, 3.63) is 78.2 Å². The number of hydrogen-bond donors (Lipinski definition) is 2. The molecule has 0 aliphatic carbocycles. The Hall–Kier alpha value is -3.47. The minimum atomic E-state index is -0.265. The highest BCUT2D eigenvalue weighted by Gasteiger charge is 2.06. The Labute approximate surface area is 138 Å². The molecule has 0 spiro atoms. The van der Waals surface area contributed by atoms with Crippen LogP contribution in [0.4, 0.5) is 0 Å². The molecule has 2 aromatic heterocycles. The van der Waals surface area contributed by atoms with E-state index in [0.29, 0.717) is 5.56 Å². The van der Waals surface area contributed by atoms with Crippen molar-refractivity contribution in [2.45, 2.75) is 0 Å². The molecule has 2 heterocycles. The molecule has 2 aromatic carbocycles. The van der Waals surface area contributed by atoms with Crippen LogP contribution in [0.2, 0.25) is 0 Å². The Morgan fingerprint density at radius 1 is 1.04 bits per heavy atom. The number of amides is 1. The van der Waals surface area contributed by atoms with E-state index in [1.807, 2.05) is 18.3 Å². The first-order valence-electron chi connectivity index (χ1n) is 7.55. The standard InChI is InChI=1S/C19H14N4O/c24-19(14-7-9-20-10-8-14)23-22-12-15-11-21-18-16-4-2-1-3-13(16)5-6-17(15)18/h1-12,21H,(H,23,24)/b22-12-. The van der Waals surface area contributed by atoms with Crippen LogP contribution in [-0.2, 0) is 0 Å². The van der Waals surface area contributed by atoms with E-state index in [-0.39, 0.29) is 5.91 Å². The summed E-state index contributed by atoms with van der Waals surface area (Å²) in [6, 6.07) is 15.6. The molecule has 4 aromatic rings. The molecule has 24 heavy (non-hydrogen) atoms. The molecular formula is C19H14N4O. The third-order valence-electron chi connectivity index (χ3n) is 3.92. The van der Waals surface area contributed by atoms with E-state index < -0.39 is 0 Å². The third kappa shape index (κ3) is 2.52. The van der Waals surface area contributed by atoms with Crippen LogP contribution in [0, 0.1) is 0 Å². The SMILES string of the molecule is O=C(N/N=C\c1c[nH]c2c1ccc1ccccc12)c1ccncc1. The number of carbonyl (C=O) groups excluding carboxylic acids is 1. The minimum Gasteiger partial charge on any atom is -0.360 e. The van der Waals surface area contributed by atoms with E-state index in [2.05, 4.69) is 44.8 Å². The molecule has 5 nitrogen and oxygen atoms in total. The lowest BCUT2D eigenvalue weighted by Gasteiger charge is -2.00. The quantitative estimate of drug-likeness (QED) is 0.449. The fourth-order valence-corrected chi connectivity index (χ4v) is 2.73. The lowest BCUT2D eigenvalue weighted by atomic mass is 10.1. The summed E-state index contributed by atoms with van der Waals surface area (Å²) in [7, 11) is 0. The van der Waals surface area contributed by atoms with Gasteiger partial charge >= 0.3 is 0 Å². The van der Waals surface area contributed by atoms with Gasteiger partial charge in [-0.25, -0.2) is 5.43 Å². The van der Waals surface area contributed by atoms with Crippen LogP contribution >= 0.6 is 0 Å². The highest BCUT2D eigenvalue weighted by Crippen LogP contribution is 2.26. The van der Waals surface area contributed by atoms with Gasteiger partial charge in [0.2, 0.25) is 0 Å². The molecule has 1 amide bonds. The van der Waals surface area contributed by atoms with E-state index >= 15 is 0 Å². The molecule has 0 aliphatic heterocycles. The first-order chi connectivity index (χ1) is 11.8. The largest absolute Gasteiger partial charge is 0.360 e. The number of pyridine rings is 1. The van der Waals surface area contributed by atoms with Crippen molar-refractivity contribution in [1.29, 1.82) is 0 Å². The first-order valence-corrected chi connectivity index (χ1v) is 7.55. The Kier molecular flexibility index (Phi) is 3.51. The minimum absolute atomic E-state index is 0.265. The average molecular weight is 314 g/mol. The second-order valence-electron chi connectivity index (χ2n) is 5.39. The van der Waals surface area contributed by atoms with Crippen molar-refractivity contribution >= 4 is 33.8 Å². The normalized spacial score (nSPS) is 11.3. The topological polar surface area (TPSA) is 70.1 Å². The summed E-state index contributed by atoms with van der Waals surface area (Å²) in [5, 5.41) is 7.47. The van der Waals surface area contributed by atoms with Gasteiger partial charge in [-0.2, -0.15) is 5.10 Å². The molecule has 4 rings (SSSR count). The number of hydrogen-bond acceptors (Lipinski definition) is 3. The molecule has 0 bridgehead atoms. The van der Waals surface area contributed by atoms with Gasteiger partial charge in [0.1, 0.15) is 0 Å². The van der Waals surface area contributed by atoms with Crippen LogP contribution in [0.3, 0.4) is 0 Å². The van der Waals surface area contributed by atoms with Crippen LogP contribution in [0.1, 0.15) is 15.9 Å². The third-order valence-corrected chi connectivity index (χ3v) is 3.92. The number of fused-ring (bicyclic) bond motifs is 3. The van der Waals surface area contributed by atoms with Gasteiger partial charge in [-0.3, -0.25) is 9.78 Å². The molecule has 5 heteroatoms. The van der Waals surface area contributed by atoms with Gasteiger partial charge in [0.25, 0.3) is 5.91 Å². The summed E-state index contributed by atoms with van der Waals surface area (Å²) in [5.41, 5.74) is 5.04. The second kappa shape index (κ2) is 5.96. The van der Waals surface area contributed by atoms with Gasteiger partial charge in [0, 0.05) is 40.5 Å². The molecular weight excluding hydrogens is 300 g/mol. The van der Waals surface area contributed by atoms with Crippen molar-refractivity contribution in [2.75, 3.05) is 0 Å². The van der Waals surface area contributed by atoms with Crippen LogP contribution in [0.25, 0.3) is 21.7 Å². The summed E-state index contributed by atoms with van der Waals surface area (Å²) in [4.78, 5) is 19.1. The lowest BCUT2D eigenvalue weighted by Crippen LogP contribution is -2.17. The predicted molar refractivity (Wildman–Crippen MR) is 95.1 cm³/mol. The second-order valence-corrected chi connectivity index (χ2v) is 5.39. The number of nitrogens with one attached hydrogen (secondary N) is 2. The molecule has 0 saturated carbocycles. The maximum atomic E-state index is 12.0. The number of aromatic amines is 1. The molecule has 116 valence electrons. The maximum absolute atomic E-state index is 12.0. The van der Waals surface area contributed by atoms with Gasteiger partial charge in [-0.05, 0) is 17.5 Å². The fraction of sp³-hybridized carbons (Fsp3) is 0. The Bertz CT molecular complexity index is 1050. The van der Waals surface area contributed by atoms with Gasteiger partial charge in [0.15, 0.2) is 0 Å². The summed E-state index contributed by atoms with van der Waals surface area (Å²) in [6.45, 7) is 0. The fourth-order valence-electron chi connectivity index (χ4n) is 2.73. The number of rotatable bonds is 3. The van der Waals surface area contributed by atoms with Crippen molar-refractivity contribution in [2.24, 2.45) is 5.10 Å². The zero-order valence-electron chi connectivity index (χ0n) is 12.7. The Balaban J connectivity index is 1.61. The molecule has 2 N–H and O–H groups in total. The summed E-state index contributed by atoms with van der Waals surface area (Å²) >= 11 is 0. The highest BCUT2D eigenvalue weighted by atomic mass is 16.2. The number of benzene rings is 2. The number of H-pyrrole nitrogens is 1. The van der Waals surface area contributed by atoms with Crippen LogP contribution < -0.4 is 5.43 Å². The molecule has 0 atom stereocenters. The van der Waals surface area contributed by atoms with Crippen molar-refractivity contribution in [3.8, 4) is 0 Å². The van der Waals surface area contributed by atoms with E-state index in [0.717, 1.165) is 21.9 Å². The van der Waals surface area contributed by atoms with Gasteiger partial charge < -0.3 is 4.98 Å². The van der Waals surface area contributed by atoms with Crippen molar-refractivity contribution < 1.29 is 4.79 Å². The van der Waals surface area contributed by atoms with Crippen LogP contribution in [-0.4, -0.2) is 22.1 Å². The van der Waals surface area contributed by atoms with E-state index in [9.17, 15) is 4.79 Å². The molecule has 0 saturated heterocycles. The maximum Gasteiger partial charge on any atom is 0.271 e. The van der Waals surface area contributed by atoms with Crippen molar-refractivity contribution in [1.82, 2.24) is 15.4 Å². The number of aromatic nitrogens is 2. The molecule has 0 radical (unpaired) electrons. The van der Waals surface area contributed by atoms with E-state index in [1.165, 1.54) is 5.39 Å². The van der Waals surface area contributed by atoms with E-state index in [1.54, 1.807) is 30.7 Å². The monoisotopic (exact) mass is 314 g/mol. The van der Waals surface area contributed by atoms with Crippen LogP contribution in [0.5, 0.6) is 0 Å². The molecule has 0 fully saturated rings. The number of hydrazone groups is 1. The smallest absolute Gasteiger partial charge is 0.271 e. The summed E-state index contributed by atoms with van der Waals surface area (Å²) in [5.74, 6) is -0.265. The summed E-state index contributed by atoms with van der Waals surface area (Å²) < 4.78 is 0. The van der Waals surface area contributed by atoms with E-state index in [4.69, 9.17) is 0 Å². The lowest BCUT2D eigenvalue weighted by molar-refractivity contribution is 0.0955. The highest BCUT2D eigenvalue weighted by molar-refractivity contribution is 6.11. The van der Waals surface area contributed by atoms with Crippen molar-refractivity contribution in [3.63, 3.8) is 0 Å². The number of nitrogens with zero attached hydrogens (tertiary/aromatic N) is 2. The van der Waals surface area contributed by atoms with Gasteiger partial charge in [-0.15, -0.1) is 0 Å². The Morgan fingerprint density at radius 2 is 1.88 bits per heavy atom. The Morgan fingerprint density at radius 3 is 2.75 bits per heavy atom. The van der Waals surface area contributed by atoms with Gasteiger partial charge in [-0.1, -0.05) is 36.4 Å². The molecule has 0 unspecified atom stereocenters. The average Bonchev–Trinajstić information content (AvgIpc) is 3.06. The molecule has 0 aliphatic rings. The zero-order valence-corrected chi connectivity index (χ0v) is 12.7. The predicted octanol–water partition coefficient (Wildman–Crippen LogP) is 3.48. The summed E-state index contributed by atoms with van der Waals surface area (Å²) in [6.07, 6.45) is 6.68.